The van der Waals surface area contributed by atoms with Crippen molar-refractivity contribution >= 4 is 63.8 Å². The number of fused-ring (bicyclic) bond motifs is 5. The number of esters is 1. The van der Waals surface area contributed by atoms with E-state index in [9.17, 15) is 53.1 Å². The summed E-state index contributed by atoms with van der Waals surface area (Å²) in [4.78, 5) is 137. The molecule has 5 heterocycles. The minimum Gasteiger partial charge on any atom is -0.458 e. The molecule has 5 amide bonds. The minimum absolute atomic E-state index is 0.0332. The van der Waals surface area contributed by atoms with Crippen molar-refractivity contribution in [2.75, 3.05) is 19.8 Å². The Labute approximate surface area is 462 Å². The topological polar surface area (TPSA) is 267 Å². The van der Waals surface area contributed by atoms with Crippen molar-refractivity contribution in [3.05, 3.63) is 97.6 Å². The number of carbonyl (C=O) groups is 9. The van der Waals surface area contributed by atoms with E-state index in [-0.39, 0.29) is 136 Å². The number of hydrogen-bond donors (Lipinski definition) is 4. The second-order valence-electron chi connectivity index (χ2n) is 22.2. The number of halogens is 1. The number of hydrogen-bond acceptors (Lipinski definition) is 14. The molecule has 80 heavy (non-hydrogen) atoms. The quantitative estimate of drug-likeness (QED) is 0.0246. The van der Waals surface area contributed by atoms with Crippen LogP contribution in [0.3, 0.4) is 0 Å². The van der Waals surface area contributed by atoms with Gasteiger partial charge in [0.05, 0.1) is 41.6 Å². The largest absolute Gasteiger partial charge is 0.458 e. The van der Waals surface area contributed by atoms with Crippen molar-refractivity contribution < 1.29 is 62.1 Å². The number of ketones is 3. The summed E-state index contributed by atoms with van der Waals surface area (Å²) in [6.45, 7) is 4.61. The summed E-state index contributed by atoms with van der Waals surface area (Å²) in [5.74, 6) is -4.65. The molecule has 2 aromatic carbocycles. The van der Waals surface area contributed by atoms with Crippen molar-refractivity contribution in [2.24, 2.45) is 5.92 Å². The first-order valence-corrected chi connectivity index (χ1v) is 28.1. The number of aliphatic hydroxyl groups is 1. The second-order valence-corrected chi connectivity index (χ2v) is 22.2. The molecule has 424 valence electrons. The lowest BCUT2D eigenvalue weighted by Gasteiger charge is -2.33. The van der Waals surface area contributed by atoms with E-state index in [4.69, 9.17) is 14.5 Å². The van der Waals surface area contributed by atoms with Gasteiger partial charge in [-0.05, 0) is 105 Å². The third-order valence-corrected chi connectivity index (χ3v) is 16.9. The standard InChI is InChI=1S/C60H69FN6O13/c1-4-60(78)42-28-46-55-40(31-67(46)57(76)41(42)32-79-58(60)77)53-37(16-18-39-35(3)43(61)29-45(65-55)54(39)53)27-48(70)59(22-10-11-23-59)80-33-63-50(72)21-19-47(69)44(26-36-13-7-5-8-14-36)64-51(73)20-17-38(68)30-62-49(71)15-9-6-12-24-66-52(74)25-34(2)56(66)75/h5,7-8,13-14,28-29,34,37,44,78H,4,6,9-12,15-27,30-33H2,1-3H3,(H,62,71)(H,63,72)(H,64,73)/t34?,37-,44+,60+/m1/s1. The highest BCUT2D eigenvalue weighted by Crippen LogP contribution is 2.49. The normalized spacial score (nSPS) is 20.0. The molecule has 19 nitrogen and oxygen atoms in total. The first-order chi connectivity index (χ1) is 38.3. The zero-order chi connectivity index (χ0) is 57.0. The number of ether oxygens (including phenoxy) is 2. The molecule has 1 saturated carbocycles. The first-order valence-electron chi connectivity index (χ1n) is 28.1. The molecular formula is C60H69FN6O13. The molecule has 4 N–H and O–H groups in total. The highest BCUT2D eigenvalue weighted by Gasteiger charge is 2.47. The number of aryl methyl sites for hydroxylation is 1. The van der Waals surface area contributed by atoms with E-state index in [1.165, 1.54) is 15.5 Å². The minimum atomic E-state index is -2.04. The zero-order valence-corrected chi connectivity index (χ0v) is 45.6. The summed E-state index contributed by atoms with van der Waals surface area (Å²) < 4.78 is 28.7. The Morgan fingerprint density at radius 3 is 2.36 bits per heavy atom. The number of benzene rings is 2. The van der Waals surface area contributed by atoms with Crippen LogP contribution in [0.5, 0.6) is 0 Å². The lowest BCUT2D eigenvalue weighted by atomic mass is 9.74. The molecule has 1 saturated heterocycles. The van der Waals surface area contributed by atoms with Crippen LogP contribution < -0.4 is 21.5 Å². The fourth-order valence-corrected chi connectivity index (χ4v) is 12.3. The summed E-state index contributed by atoms with van der Waals surface area (Å²) in [6.07, 6.45) is 4.59. The Morgan fingerprint density at radius 2 is 1.64 bits per heavy atom. The molecule has 1 unspecified atom stereocenters. The van der Waals surface area contributed by atoms with Gasteiger partial charge in [-0.3, -0.25) is 48.1 Å². The molecule has 5 aliphatic rings. The molecule has 0 radical (unpaired) electrons. The highest BCUT2D eigenvalue weighted by molar-refractivity contribution is 6.03. The van der Waals surface area contributed by atoms with Crippen LogP contribution in [-0.4, -0.2) is 104 Å². The third-order valence-electron chi connectivity index (χ3n) is 16.9. The molecule has 2 aromatic heterocycles. The Bertz CT molecular complexity index is 3240. The lowest BCUT2D eigenvalue weighted by molar-refractivity contribution is -0.172. The molecule has 2 aliphatic carbocycles. The number of likely N-dealkylation sites (tertiary alicyclic amines) is 1. The van der Waals surface area contributed by atoms with Crippen LogP contribution >= 0.6 is 0 Å². The summed E-state index contributed by atoms with van der Waals surface area (Å²) in [7, 11) is 0. The van der Waals surface area contributed by atoms with E-state index in [0.29, 0.717) is 92.4 Å². The number of cyclic esters (lactones) is 1. The van der Waals surface area contributed by atoms with Crippen LogP contribution in [0.15, 0.2) is 47.3 Å². The average molecular weight is 1100 g/mol. The lowest BCUT2D eigenvalue weighted by Crippen LogP contribution is -2.44. The second kappa shape index (κ2) is 24.2. The Hall–Kier alpha value is -7.32. The maximum atomic E-state index is 15.6. The fraction of sp³-hybridized carbons (Fsp3) is 0.517. The fourth-order valence-electron chi connectivity index (χ4n) is 12.3. The Balaban J connectivity index is 0.785. The Kier molecular flexibility index (Phi) is 17.3. The van der Waals surface area contributed by atoms with Gasteiger partial charge in [-0.1, -0.05) is 50.6 Å². The van der Waals surface area contributed by atoms with E-state index in [1.807, 2.05) is 6.07 Å². The van der Waals surface area contributed by atoms with Gasteiger partial charge in [-0.2, -0.15) is 0 Å². The van der Waals surface area contributed by atoms with Gasteiger partial charge in [0, 0.05) is 80.0 Å². The van der Waals surface area contributed by atoms with Crippen molar-refractivity contribution in [1.29, 1.82) is 0 Å². The zero-order valence-electron chi connectivity index (χ0n) is 45.6. The van der Waals surface area contributed by atoms with Crippen molar-refractivity contribution in [2.45, 2.75) is 173 Å². The number of nitrogens with one attached hydrogen (secondary N) is 3. The van der Waals surface area contributed by atoms with Crippen LogP contribution in [0.1, 0.15) is 161 Å². The number of unbranched alkanes of at least 4 members (excludes halogenated alkanes) is 2. The molecule has 0 bridgehead atoms. The van der Waals surface area contributed by atoms with Crippen LogP contribution in [0, 0.1) is 18.7 Å². The van der Waals surface area contributed by atoms with Crippen molar-refractivity contribution in [3.8, 4) is 11.4 Å². The molecule has 3 aliphatic heterocycles. The number of pyridine rings is 2. The van der Waals surface area contributed by atoms with Gasteiger partial charge < -0.3 is 35.1 Å². The summed E-state index contributed by atoms with van der Waals surface area (Å²) in [5.41, 5.74) is 1.33. The van der Waals surface area contributed by atoms with E-state index in [1.54, 1.807) is 51.1 Å². The summed E-state index contributed by atoms with van der Waals surface area (Å²) in [5, 5.41) is 20.2. The van der Waals surface area contributed by atoms with E-state index in [0.717, 1.165) is 22.1 Å². The van der Waals surface area contributed by atoms with Gasteiger partial charge >= 0.3 is 5.97 Å². The molecule has 4 aromatic rings. The monoisotopic (exact) mass is 1100 g/mol. The maximum absolute atomic E-state index is 15.6. The number of aromatic nitrogens is 2. The molecule has 9 rings (SSSR count). The first kappa shape index (κ1) is 57.4. The molecule has 4 atom stereocenters. The molecular weight excluding hydrogens is 1030 g/mol. The summed E-state index contributed by atoms with van der Waals surface area (Å²) in [6, 6.07) is 11.0. The van der Waals surface area contributed by atoms with Gasteiger partial charge in [0.2, 0.25) is 29.5 Å². The number of carbonyl (C=O) groups excluding carboxylic acids is 9. The molecule has 20 heteroatoms. The highest BCUT2D eigenvalue weighted by atomic mass is 19.1. The molecule has 0 spiro atoms. The number of imide groups is 1. The number of Topliss-reactive ketones (excluding diaryl/α,β-unsaturated/α-hetero) is 3. The van der Waals surface area contributed by atoms with Gasteiger partial charge in [0.15, 0.2) is 23.0 Å². The Morgan fingerprint density at radius 1 is 0.900 bits per heavy atom. The van der Waals surface area contributed by atoms with Gasteiger partial charge in [0.1, 0.15) is 24.8 Å². The van der Waals surface area contributed by atoms with Crippen LogP contribution in [-0.2, 0) is 84.2 Å². The maximum Gasteiger partial charge on any atom is 0.343 e. The molecule has 2 fully saturated rings. The van der Waals surface area contributed by atoms with E-state index >= 15 is 4.39 Å². The number of amides is 5. The van der Waals surface area contributed by atoms with Gasteiger partial charge in [-0.25, -0.2) is 14.2 Å². The third kappa shape index (κ3) is 11.8. The van der Waals surface area contributed by atoms with Gasteiger partial charge in [-0.15, -0.1) is 0 Å². The van der Waals surface area contributed by atoms with Crippen molar-refractivity contribution in [3.63, 3.8) is 0 Å². The van der Waals surface area contributed by atoms with Crippen LogP contribution in [0.4, 0.5) is 4.39 Å². The predicted octanol–water partition coefficient (Wildman–Crippen LogP) is 5.42. The van der Waals surface area contributed by atoms with E-state index in [2.05, 4.69) is 16.0 Å². The van der Waals surface area contributed by atoms with Crippen LogP contribution in [0.25, 0.3) is 22.3 Å². The van der Waals surface area contributed by atoms with Crippen molar-refractivity contribution in [1.82, 2.24) is 30.4 Å². The number of nitrogens with zero attached hydrogens (tertiary/aromatic N) is 3. The van der Waals surface area contributed by atoms with Crippen LogP contribution in [0.2, 0.25) is 0 Å². The van der Waals surface area contributed by atoms with E-state index < -0.39 is 52.2 Å². The smallest absolute Gasteiger partial charge is 0.343 e. The average Bonchev–Trinajstić information content (AvgIpc) is 4.15. The number of rotatable bonds is 25. The predicted molar refractivity (Wildman–Crippen MR) is 288 cm³/mol. The van der Waals surface area contributed by atoms with Gasteiger partial charge in [0.25, 0.3) is 5.56 Å². The summed E-state index contributed by atoms with van der Waals surface area (Å²) >= 11 is 0. The SMILES string of the molecule is CC[C@@]1(O)C(=O)OCc2c1cc1n(c2=O)Cc2c-1nc1cc(F)c(C)c3c1c2[C@@H](CC(=O)C1(OCNC(=O)CCC(=O)[C@H](Cc2ccccc2)NC(=O)CCC(=O)CNC(=O)CCCCCN2C(=O)CC(C)C2=O)CCCC1)CC3.